The lowest BCUT2D eigenvalue weighted by atomic mass is 9.93. The van der Waals surface area contributed by atoms with Gasteiger partial charge in [-0.05, 0) is 42.0 Å². The van der Waals surface area contributed by atoms with Gasteiger partial charge in [-0.3, -0.25) is 9.59 Å². The first-order chi connectivity index (χ1) is 13.7. The van der Waals surface area contributed by atoms with Gasteiger partial charge >= 0.3 is 0 Å². The van der Waals surface area contributed by atoms with Crippen LogP contribution in [0.2, 0.25) is 5.02 Å². The van der Waals surface area contributed by atoms with Crippen LogP contribution in [-0.2, 0) is 16.6 Å². The Morgan fingerprint density at radius 1 is 1.00 bits per heavy atom. The van der Waals surface area contributed by atoms with Crippen molar-refractivity contribution in [1.29, 1.82) is 0 Å². The summed E-state index contributed by atoms with van der Waals surface area (Å²) < 4.78 is 5.26. The summed E-state index contributed by atoms with van der Waals surface area (Å²) in [6, 6.07) is 15.5. The third kappa shape index (κ3) is 5.68. The van der Waals surface area contributed by atoms with Gasteiger partial charge in [0.05, 0.1) is 6.42 Å². The van der Waals surface area contributed by atoms with E-state index in [0.29, 0.717) is 27.9 Å². The molecule has 2 amide bonds. The molecule has 1 aromatic heterocycles. The number of carbonyl (C=O) groups excluding carboxylic acids is 2. The number of carbonyl (C=O) groups is 2. The van der Waals surface area contributed by atoms with Crippen LogP contribution in [0.15, 0.2) is 59.1 Å². The van der Waals surface area contributed by atoms with Gasteiger partial charge in [0, 0.05) is 27.8 Å². The molecule has 150 valence electrons. The van der Waals surface area contributed by atoms with Crippen LogP contribution in [0.4, 0.5) is 11.5 Å². The summed E-state index contributed by atoms with van der Waals surface area (Å²) in [5.74, 6) is 0.671. The Balaban J connectivity index is 1.56. The zero-order valence-corrected chi connectivity index (χ0v) is 17.2. The predicted octanol–water partition coefficient (Wildman–Crippen LogP) is 5.06. The molecule has 0 fully saturated rings. The monoisotopic (exact) mass is 411 g/mol. The van der Waals surface area contributed by atoms with E-state index in [1.54, 1.807) is 54.6 Å². The Labute approximate surface area is 174 Å². The molecule has 1 heterocycles. The molecule has 3 rings (SSSR count). The summed E-state index contributed by atoms with van der Waals surface area (Å²) in [5.41, 5.74) is 1.79. The number of rotatable bonds is 5. The van der Waals surface area contributed by atoms with E-state index in [2.05, 4.69) is 15.8 Å². The van der Waals surface area contributed by atoms with Gasteiger partial charge in [-0.15, -0.1) is 0 Å². The molecule has 0 saturated carbocycles. The second-order valence-electron chi connectivity index (χ2n) is 7.71. The van der Waals surface area contributed by atoms with Gasteiger partial charge in [0.1, 0.15) is 5.76 Å². The first-order valence-electron chi connectivity index (χ1n) is 9.13. The predicted molar refractivity (Wildman–Crippen MR) is 113 cm³/mol. The van der Waals surface area contributed by atoms with E-state index in [-0.39, 0.29) is 23.7 Å². The number of amides is 2. The molecule has 6 nitrogen and oxygen atoms in total. The van der Waals surface area contributed by atoms with Gasteiger partial charge in [-0.25, -0.2) is 0 Å². The molecule has 2 N–H and O–H groups in total. The second kappa shape index (κ2) is 8.49. The van der Waals surface area contributed by atoms with Gasteiger partial charge in [0.25, 0.3) is 5.91 Å². The fourth-order valence-electron chi connectivity index (χ4n) is 2.57. The van der Waals surface area contributed by atoms with Crippen molar-refractivity contribution in [1.82, 2.24) is 5.16 Å². The number of halogens is 1. The largest absolute Gasteiger partial charge is 0.359 e. The number of hydrogen-bond donors (Lipinski definition) is 2. The molecule has 0 aliphatic rings. The average molecular weight is 412 g/mol. The third-order valence-electron chi connectivity index (χ3n) is 4.20. The van der Waals surface area contributed by atoms with Crippen LogP contribution in [0.25, 0.3) is 0 Å². The summed E-state index contributed by atoms with van der Waals surface area (Å²) in [6.45, 7) is 6.02. The quantitative estimate of drug-likeness (QED) is 0.614. The number of aromatic nitrogens is 1. The lowest BCUT2D eigenvalue weighted by molar-refractivity contribution is -0.115. The maximum atomic E-state index is 12.2. The molecule has 29 heavy (non-hydrogen) atoms. The van der Waals surface area contributed by atoms with Crippen LogP contribution in [0, 0.1) is 0 Å². The van der Waals surface area contributed by atoms with Gasteiger partial charge < -0.3 is 15.2 Å². The first-order valence-corrected chi connectivity index (χ1v) is 9.51. The van der Waals surface area contributed by atoms with Crippen molar-refractivity contribution in [3.05, 3.63) is 76.5 Å². The van der Waals surface area contributed by atoms with E-state index in [1.165, 1.54) is 0 Å². The number of nitrogens with zero attached hydrogens (tertiary/aromatic N) is 1. The molecule has 0 unspecified atom stereocenters. The van der Waals surface area contributed by atoms with Gasteiger partial charge in [0.2, 0.25) is 5.91 Å². The van der Waals surface area contributed by atoms with E-state index in [0.717, 1.165) is 5.56 Å². The zero-order chi connectivity index (χ0) is 21.0. The van der Waals surface area contributed by atoms with Gasteiger partial charge in [-0.2, -0.15) is 0 Å². The highest BCUT2D eigenvalue weighted by Crippen LogP contribution is 2.24. The van der Waals surface area contributed by atoms with E-state index < -0.39 is 0 Å². The number of hydrogen-bond acceptors (Lipinski definition) is 4. The van der Waals surface area contributed by atoms with E-state index in [9.17, 15) is 9.59 Å². The fraction of sp³-hybridized carbons (Fsp3) is 0.227. The van der Waals surface area contributed by atoms with Crippen molar-refractivity contribution in [3.63, 3.8) is 0 Å². The molecule has 0 radical (unpaired) electrons. The minimum Gasteiger partial charge on any atom is -0.359 e. The van der Waals surface area contributed by atoms with Crippen molar-refractivity contribution in [3.8, 4) is 0 Å². The highest BCUT2D eigenvalue weighted by Gasteiger charge is 2.20. The van der Waals surface area contributed by atoms with Crippen molar-refractivity contribution < 1.29 is 14.1 Å². The minimum absolute atomic E-state index is 0.178. The lowest BCUT2D eigenvalue weighted by Gasteiger charge is -2.12. The van der Waals surface area contributed by atoms with Crippen LogP contribution < -0.4 is 10.6 Å². The normalized spacial score (nSPS) is 11.2. The van der Waals surface area contributed by atoms with Gasteiger partial charge in [-0.1, -0.05) is 49.7 Å². The number of nitrogens with one attached hydrogen (secondary N) is 2. The SMILES string of the molecule is CC(C)(C)c1cc(NC(=O)Cc2ccc(NC(=O)c3ccc(Cl)cc3)cc2)no1. The fourth-order valence-corrected chi connectivity index (χ4v) is 2.70. The highest BCUT2D eigenvalue weighted by atomic mass is 35.5. The summed E-state index contributed by atoms with van der Waals surface area (Å²) in [7, 11) is 0. The Hall–Kier alpha value is -3.12. The maximum absolute atomic E-state index is 12.2. The Morgan fingerprint density at radius 2 is 1.66 bits per heavy atom. The average Bonchev–Trinajstić information content (AvgIpc) is 3.12. The molecule has 0 aliphatic heterocycles. The van der Waals surface area contributed by atoms with Crippen LogP contribution >= 0.6 is 11.6 Å². The molecular weight excluding hydrogens is 390 g/mol. The minimum atomic E-state index is -0.229. The summed E-state index contributed by atoms with van der Waals surface area (Å²) in [4.78, 5) is 24.5. The molecule has 0 atom stereocenters. The first kappa shape index (κ1) is 20.6. The molecule has 3 aromatic rings. The van der Waals surface area contributed by atoms with Crippen LogP contribution in [0.3, 0.4) is 0 Å². The Kier molecular flexibility index (Phi) is 6.03. The lowest BCUT2D eigenvalue weighted by Crippen LogP contribution is -2.15. The third-order valence-corrected chi connectivity index (χ3v) is 4.45. The topological polar surface area (TPSA) is 84.2 Å². The van der Waals surface area contributed by atoms with Crippen molar-refractivity contribution in [2.45, 2.75) is 32.6 Å². The molecule has 0 spiro atoms. The van der Waals surface area contributed by atoms with Crippen LogP contribution in [0.1, 0.15) is 42.5 Å². The van der Waals surface area contributed by atoms with Gasteiger partial charge in [0.15, 0.2) is 5.82 Å². The summed E-state index contributed by atoms with van der Waals surface area (Å²) >= 11 is 5.83. The van der Waals surface area contributed by atoms with Crippen LogP contribution in [0.5, 0.6) is 0 Å². The molecule has 7 heteroatoms. The smallest absolute Gasteiger partial charge is 0.255 e. The Bertz CT molecular complexity index is 1000. The number of anilines is 2. The van der Waals surface area contributed by atoms with Crippen molar-refractivity contribution >= 4 is 34.9 Å². The molecule has 0 saturated heterocycles. The van der Waals surface area contributed by atoms with Crippen molar-refractivity contribution in [2.75, 3.05) is 10.6 Å². The number of benzene rings is 2. The highest BCUT2D eigenvalue weighted by molar-refractivity contribution is 6.30. The summed E-state index contributed by atoms with van der Waals surface area (Å²) in [6.07, 6.45) is 0.184. The second-order valence-corrected chi connectivity index (χ2v) is 8.15. The van der Waals surface area contributed by atoms with E-state index in [1.807, 2.05) is 20.8 Å². The van der Waals surface area contributed by atoms with E-state index in [4.69, 9.17) is 16.1 Å². The van der Waals surface area contributed by atoms with Crippen molar-refractivity contribution in [2.24, 2.45) is 0 Å². The molecule has 0 aliphatic carbocycles. The Morgan fingerprint density at radius 3 is 2.24 bits per heavy atom. The summed E-state index contributed by atoms with van der Waals surface area (Å²) in [5, 5.41) is 10.00. The standard InChI is InChI=1S/C22H22ClN3O3/c1-22(2,3)18-13-19(26-29-18)25-20(27)12-14-4-10-17(11-5-14)24-21(28)15-6-8-16(23)9-7-15/h4-11,13H,12H2,1-3H3,(H,24,28)(H,25,26,27). The molecular formula is C22H22ClN3O3. The molecule has 2 aromatic carbocycles. The van der Waals surface area contributed by atoms with E-state index >= 15 is 0 Å². The maximum Gasteiger partial charge on any atom is 0.255 e. The molecule has 0 bridgehead atoms. The van der Waals surface area contributed by atoms with Crippen LogP contribution in [-0.4, -0.2) is 17.0 Å². The zero-order valence-electron chi connectivity index (χ0n) is 16.5.